The molecule has 39 heavy (non-hydrogen) atoms. The number of anilines is 1. The Kier molecular flexibility index (Phi) is 7.02. The Hall–Kier alpha value is -3.81. The zero-order valence-electron chi connectivity index (χ0n) is 22.8. The first-order chi connectivity index (χ1) is 19.0. The van der Waals surface area contributed by atoms with Crippen LogP contribution in [0.3, 0.4) is 0 Å². The standard InChI is InChI=1S/C32H33N5OS/c1-22-29(20-30(23-8-6-5-7-9-23)37(22)26-14-16-28(39-4)17-15-26)32-34-33-31(38-32)24-10-12-25(13-11-24)36-19-18-27(21-36)35(2)3/h5-17,20,27H,18-19,21H2,1-4H3. The second kappa shape index (κ2) is 10.8. The molecule has 3 aromatic carbocycles. The summed E-state index contributed by atoms with van der Waals surface area (Å²) in [7, 11) is 4.31. The molecule has 0 spiro atoms. The van der Waals surface area contributed by atoms with Gasteiger partial charge in [0.2, 0.25) is 11.8 Å². The van der Waals surface area contributed by atoms with Crippen LogP contribution in [0.15, 0.2) is 94.2 Å². The van der Waals surface area contributed by atoms with Crippen LogP contribution in [0, 0.1) is 6.92 Å². The molecule has 0 saturated carbocycles. The van der Waals surface area contributed by atoms with E-state index in [9.17, 15) is 0 Å². The number of benzene rings is 3. The van der Waals surface area contributed by atoms with Crippen LogP contribution in [0.1, 0.15) is 12.1 Å². The summed E-state index contributed by atoms with van der Waals surface area (Å²) in [5, 5.41) is 8.90. The number of nitrogens with zero attached hydrogens (tertiary/aromatic N) is 5. The quantitative estimate of drug-likeness (QED) is 0.209. The average molecular weight is 536 g/mol. The van der Waals surface area contributed by atoms with Gasteiger partial charge in [0.15, 0.2) is 0 Å². The minimum Gasteiger partial charge on any atom is -0.416 e. The fourth-order valence-corrected chi connectivity index (χ4v) is 5.78. The third-order valence-electron chi connectivity index (χ3n) is 7.68. The maximum absolute atomic E-state index is 6.27. The summed E-state index contributed by atoms with van der Waals surface area (Å²) >= 11 is 1.74. The van der Waals surface area contributed by atoms with E-state index in [4.69, 9.17) is 4.42 Å². The Labute approximate surface area is 234 Å². The lowest BCUT2D eigenvalue weighted by molar-refractivity contribution is 0.315. The Balaban J connectivity index is 1.32. The molecular weight excluding hydrogens is 502 g/mol. The largest absolute Gasteiger partial charge is 0.416 e. The van der Waals surface area contributed by atoms with Gasteiger partial charge in [0.25, 0.3) is 0 Å². The highest BCUT2D eigenvalue weighted by Crippen LogP contribution is 2.36. The van der Waals surface area contributed by atoms with E-state index in [1.807, 2.05) is 6.07 Å². The number of aromatic nitrogens is 3. The van der Waals surface area contributed by atoms with Crippen LogP contribution in [0.25, 0.3) is 39.9 Å². The highest BCUT2D eigenvalue weighted by Gasteiger charge is 2.24. The molecule has 0 radical (unpaired) electrons. The van der Waals surface area contributed by atoms with Crippen molar-refractivity contribution in [2.45, 2.75) is 24.3 Å². The lowest BCUT2D eigenvalue weighted by atomic mass is 10.1. The summed E-state index contributed by atoms with van der Waals surface area (Å²) in [6, 6.07) is 30.3. The molecule has 0 aliphatic carbocycles. The van der Waals surface area contributed by atoms with Crippen molar-refractivity contribution in [2.24, 2.45) is 0 Å². The highest BCUT2D eigenvalue weighted by atomic mass is 32.2. The van der Waals surface area contributed by atoms with Gasteiger partial charge in [-0.2, -0.15) is 0 Å². The fraction of sp³-hybridized carbons (Fsp3) is 0.250. The number of thioether (sulfide) groups is 1. The Morgan fingerprint density at radius 2 is 1.54 bits per heavy atom. The van der Waals surface area contributed by atoms with Crippen molar-refractivity contribution in [3.05, 3.63) is 90.6 Å². The van der Waals surface area contributed by atoms with E-state index in [-0.39, 0.29) is 0 Å². The molecule has 5 aromatic rings. The van der Waals surface area contributed by atoms with Gasteiger partial charge in [-0.25, -0.2) is 0 Å². The van der Waals surface area contributed by atoms with E-state index in [1.165, 1.54) is 17.0 Å². The average Bonchev–Trinajstić information content (AvgIpc) is 3.73. The van der Waals surface area contributed by atoms with Crippen LogP contribution < -0.4 is 4.90 Å². The molecule has 0 N–H and O–H groups in total. The first-order valence-corrected chi connectivity index (χ1v) is 14.5. The summed E-state index contributed by atoms with van der Waals surface area (Å²) < 4.78 is 8.54. The van der Waals surface area contributed by atoms with E-state index in [0.29, 0.717) is 17.8 Å². The van der Waals surface area contributed by atoms with Crippen LogP contribution in [0.2, 0.25) is 0 Å². The van der Waals surface area contributed by atoms with Crippen LogP contribution in [0.4, 0.5) is 5.69 Å². The minimum absolute atomic E-state index is 0.525. The molecule has 1 unspecified atom stereocenters. The van der Waals surface area contributed by atoms with Crippen molar-refractivity contribution >= 4 is 17.4 Å². The summed E-state index contributed by atoms with van der Waals surface area (Å²) in [5.74, 6) is 1.05. The second-order valence-corrected chi connectivity index (χ2v) is 11.1. The number of hydrogen-bond acceptors (Lipinski definition) is 6. The van der Waals surface area contributed by atoms with Gasteiger partial charge >= 0.3 is 0 Å². The molecule has 198 valence electrons. The van der Waals surface area contributed by atoms with Crippen LogP contribution in [0.5, 0.6) is 0 Å². The molecule has 6 nitrogen and oxygen atoms in total. The molecule has 1 atom stereocenters. The van der Waals surface area contributed by atoms with Gasteiger partial charge < -0.3 is 18.8 Å². The van der Waals surface area contributed by atoms with Crippen LogP contribution in [-0.2, 0) is 0 Å². The topological polar surface area (TPSA) is 50.3 Å². The van der Waals surface area contributed by atoms with E-state index in [1.54, 1.807) is 11.8 Å². The van der Waals surface area contributed by atoms with Gasteiger partial charge in [0, 0.05) is 46.7 Å². The SMILES string of the molecule is CSc1ccc(-n2c(-c3ccccc3)cc(-c3nnc(-c4ccc(N5CCC(N(C)C)C5)cc4)o3)c2C)cc1. The third-order valence-corrected chi connectivity index (χ3v) is 8.42. The Morgan fingerprint density at radius 1 is 0.846 bits per heavy atom. The van der Waals surface area contributed by atoms with Crippen molar-refractivity contribution in [2.75, 3.05) is 38.3 Å². The van der Waals surface area contributed by atoms with Gasteiger partial charge in [0.05, 0.1) is 11.3 Å². The summed E-state index contributed by atoms with van der Waals surface area (Å²) in [6.45, 7) is 4.24. The Bertz CT molecular complexity index is 1550. The number of likely N-dealkylation sites (N-methyl/N-ethyl adjacent to an activating group) is 1. The maximum Gasteiger partial charge on any atom is 0.250 e. The summed E-state index contributed by atoms with van der Waals surface area (Å²) in [4.78, 5) is 5.99. The molecule has 1 aliphatic heterocycles. The Morgan fingerprint density at radius 3 is 2.21 bits per heavy atom. The maximum atomic E-state index is 6.27. The fourth-order valence-electron chi connectivity index (χ4n) is 5.37. The van der Waals surface area contributed by atoms with E-state index < -0.39 is 0 Å². The predicted molar refractivity (Wildman–Crippen MR) is 161 cm³/mol. The predicted octanol–water partition coefficient (Wildman–Crippen LogP) is 7.03. The van der Waals surface area contributed by atoms with Crippen LogP contribution >= 0.6 is 11.8 Å². The first-order valence-electron chi connectivity index (χ1n) is 13.3. The van der Waals surface area contributed by atoms with Crippen molar-refractivity contribution in [3.8, 4) is 39.9 Å². The van der Waals surface area contributed by atoms with Crippen LogP contribution in [-0.4, -0.2) is 59.1 Å². The molecule has 1 fully saturated rings. The van der Waals surface area contributed by atoms with E-state index in [0.717, 1.165) is 46.9 Å². The normalized spacial score (nSPS) is 15.4. The molecular formula is C32H33N5OS. The monoisotopic (exact) mass is 535 g/mol. The molecule has 7 heteroatoms. The van der Waals surface area contributed by atoms with Crippen molar-refractivity contribution in [1.82, 2.24) is 19.7 Å². The zero-order valence-corrected chi connectivity index (χ0v) is 23.7. The first kappa shape index (κ1) is 25.5. The molecule has 1 aliphatic rings. The van der Waals surface area contributed by atoms with Gasteiger partial charge in [0.1, 0.15) is 0 Å². The van der Waals surface area contributed by atoms with E-state index in [2.05, 4.69) is 131 Å². The zero-order chi connectivity index (χ0) is 26.9. The highest BCUT2D eigenvalue weighted by molar-refractivity contribution is 7.98. The van der Waals surface area contributed by atoms with E-state index >= 15 is 0 Å². The second-order valence-electron chi connectivity index (χ2n) is 10.2. The van der Waals surface area contributed by atoms with Crippen molar-refractivity contribution in [3.63, 3.8) is 0 Å². The number of rotatable bonds is 7. The molecule has 0 amide bonds. The number of hydrogen-bond donors (Lipinski definition) is 0. The van der Waals surface area contributed by atoms with Gasteiger partial charge in [-0.15, -0.1) is 22.0 Å². The molecule has 1 saturated heterocycles. The van der Waals surface area contributed by atoms with Gasteiger partial charge in [-0.3, -0.25) is 0 Å². The molecule has 0 bridgehead atoms. The lowest BCUT2D eigenvalue weighted by Gasteiger charge is -2.21. The molecule has 3 heterocycles. The van der Waals surface area contributed by atoms with Crippen molar-refractivity contribution in [1.29, 1.82) is 0 Å². The minimum atomic E-state index is 0.525. The summed E-state index contributed by atoms with van der Waals surface area (Å²) in [6.07, 6.45) is 3.28. The molecule has 6 rings (SSSR count). The molecule has 2 aromatic heterocycles. The summed E-state index contributed by atoms with van der Waals surface area (Å²) in [5.41, 5.74) is 7.47. The lowest BCUT2D eigenvalue weighted by Crippen LogP contribution is -2.31. The van der Waals surface area contributed by atoms with Gasteiger partial charge in [-0.1, -0.05) is 30.3 Å². The van der Waals surface area contributed by atoms with Gasteiger partial charge in [-0.05, 0) is 93.9 Å². The third kappa shape index (κ3) is 5.00. The smallest absolute Gasteiger partial charge is 0.250 e. The van der Waals surface area contributed by atoms with Crippen molar-refractivity contribution < 1.29 is 4.42 Å².